The third-order valence-corrected chi connectivity index (χ3v) is 5.72. The minimum atomic E-state index is 0.774. The summed E-state index contributed by atoms with van der Waals surface area (Å²) in [5.41, 5.74) is 5.60. The van der Waals surface area contributed by atoms with E-state index in [1.807, 2.05) is 0 Å². The second kappa shape index (κ2) is 8.09. The molecule has 4 nitrogen and oxygen atoms in total. The lowest BCUT2D eigenvalue weighted by Gasteiger charge is -2.07. The van der Waals surface area contributed by atoms with Gasteiger partial charge in [0.05, 0.1) is 5.52 Å². The molecule has 0 saturated heterocycles. The zero-order chi connectivity index (χ0) is 18.6. The quantitative estimate of drug-likeness (QED) is 0.319. The van der Waals surface area contributed by atoms with E-state index in [0.717, 1.165) is 40.4 Å². The van der Waals surface area contributed by atoms with E-state index in [1.54, 1.807) is 11.8 Å². The first kappa shape index (κ1) is 18.0. The van der Waals surface area contributed by atoms with Gasteiger partial charge in [-0.2, -0.15) is 0 Å². The molecule has 0 amide bonds. The molecule has 0 unspecified atom stereocenters. The number of benzene rings is 2. The van der Waals surface area contributed by atoms with Crippen LogP contribution in [0.5, 0.6) is 0 Å². The minimum Gasteiger partial charge on any atom is -0.323 e. The van der Waals surface area contributed by atoms with E-state index in [0.29, 0.717) is 0 Å². The van der Waals surface area contributed by atoms with Crippen LogP contribution in [0, 0.1) is 6.92 Å². The highest BCUT2D eigenvalue weighted by atomic mass is 32.2. The molecule has 0 bridgehead atoms. The van der Waals surface area contributed by atoms with Crippen molar-refractivity contribution in [2.45, 2.75) is 44.8 Å². The fourth-order valence-electron chi connectivity index (χ4n) is 3.34. The second-order valence-corrected chi connectivity index (χ2v) is 7.94. The summed E-state index contributed by atoms with van der Waals surface area (Å²) in [5.74, 6) is 1.03. The van der Waals surface area contributed by atoms with Gasteiger partial charge in [-0.25, -0.2) is 4.98 Å². The first-order valence-corrected chi connectivity index (χ1v) is 10.5. The third kappa shape index (κ3) is 3.83. The summed E-state index contributed by atoms with van der Waals surface area (Å²) >= 11 is 1.70. The molecule has 4 aromatic rings. The molecule has 2 aromatic heterocycles. The van der Waals surface area contributed by atoms with Crippen LogP contribution < -0.4 is 0 Å². The molecule has 0 saturated carbocycles. The van der Waals surface area contributed by atoms with Crippen molar-refractivity contribution >= 4 is 33.8 Å². The van der Waals surface area contributed by atoms with Crippen molar-refractivity contribution in [2.24, 2.45) is 0 Å². The lowest BCUT2D eigenvalue weighted by atomic mass is 10.1. The molecule has 0 N–H and O–H groups in total. The minimum absolute atomic E-state index is 0.774. The number of thioether (sulfide) groups is 1. The monoisotopic (exact) mass is 376 g/mol. The Labute approximate surface area is 164 Å². The molecular weight excluding hydrogens is 352 g/mol. The average Bonchev–Trinajstić information content (AvgIpc) is 2.99. The van der Waals surface area contributed by atoms with Crippen molar-refractivity contribution in [1.82, 2.24) is 19.7 Å². The molecule has 0 spiro atoms. The van der Waals surface area contributed by atoms with E-state index < -0.39 is 0 Å². The number of nitrogens with zero attached hydrogens (tertiary/aromatic N) is 4. The molecule has 27 heavy (non-hydrogen) atoms. The maximum atomic E-state index is 4.88. The van der Waals surface area contributed by atoms with E-state index in [1.165, 1.54) is 29.5 Å². The summed E-state index contributed by atoms with van der Waals surface area (Å²) in [7, 11) is 0. The first-order chi connectivity index (χ1) is 13.3. The molecule has 138 valence electrons. The lowest BCUT2D eigenvalue weighted by Crippen LogP contribution is -2.03. The zero-order valence-corrected chi connectivity index (χ0v) is 16.7. The van der Waals surface area contributed by atoms with Crippen LogP contribution in [-0.2, 0) is 13.0 Å². The molecule has 2 aromatic carbocycles. The summed E-state index contributed by atoms with van der Waals surface area (Å²) in [6.45, 7) is 5.19. The smallest absolute Gasteiger partial charge is 0.211 e. The Morgan fingerprint density at radius 2 is 1.89 bits per heavy atom. The SMILES string of the molecule is CCCCSc1nnc2c3cc(C)ccc3n(CCc3ccccc3)c2n1. The summed E-state index contributed by atoms with van der Waals surface area (Å²) < 4.78 is 2.30. The van der Waals surface area contributed by atoms with Gasteiger partial charge in [-0.15, -0.1) is 10.2 Å². The Balaban J connectivity index is 1.76. The Bertz CT molecular complexity index is 1060. The van der Waals surface area contributed by atoms with Crippen molar-refractivity contribution in [1.29, 1.82) is 0 Å². The highest BCUT2D eigenvalue weighted by Gasteiger charge is 2.15. The Hall–Kier alpha value is -2.40. The normalized spacial score (nSPS) is 11.5. The lowest BCUT2D eigenvalue weighted by molar-refractivity contribution is 0.727. The number of aromatic nitrogens is 4. The number of fused-ring (bicyclic) bond motifs is 3. The van der Waals surface area contributed by atoms with Gasteiger partial charge in [0, 0.05) is 17.7 Å². The van der Waals surface area contributed by atoms with Crippen LogP contribution in [0.1, 0.15) is 30.9 Å². The average molecular weight is 377 g/mol. The largest absolute Gasteiger partial charge is 0.323 e. The zero-order valence-electron chi connectivity index (χ0n) is 15.9. The topological polar surface area (TPSA) is 43.6 Å². The predicted octanol–water partition coefficient (Wildman–Crippen LogP) is 5.42. The molecule has 0 radical (unpaired) electrons. The van der Waals surface area contributed by atoms with Gasteiger partial charge in [0.15, 0.2) is 5.65 Å². The van der Waals surface area contributed by atoms with Gasteiger partial charge in [-0.1, -0.05) is 67.1 Å². The van der Waals surface area contributed by atoms with Crippen LogP contribution >= 0.6 is 11.8 Å². The maximum Gasteiger partial charge on any atom is 0.211 e. The van der Waals surface area contributed by atoms with Crippen LogP contribution in [-0.4, -0.2) is 25.5 Å². The van der Waals surface area contributed by atoms with E-state index in [-0.39, 0.29) is 0 Å². The molecule has 2 heterocycles. The fourth-order valence-corrected chi connectivity index (χ4v) is 4.20. The van der Waals surface area contributed by atoms with Gasteiger partial charge in [-0.3, -0.25) is 0 Å². The van der Waals surface area contributed by atoms with Crippen LogP contribution in [0.4, 0.5) is 0 Å². The molecule has 0 aliphatic carbocycles. The highest BCUT2D eigenvalue weighted by Crippen LogP contribution is 2.28. The van der Waals surface area contributed by atoms with Gasteiger partial charge in [0.25, 0.3) is 0 Å². The number of rotatable bonds is 7. The molecule has 0 aliphatic heterocycles. The fraction of sp³-hybridized carbons (Fsp3) is 0.318. The number of hydrogen-bond donors (Lipinski definition) is 0. The van der Waals surface area contributed by atoms with E-state index in [4.69, 9.17) is 4.98 Å². The summed E-state index contributed by atoms with van der Waals surface area (Å²) in [4.78, 5) is 4.88. The second-order valence-electron chi connectivity index (χ2n) is 6.88. The van der Waals surface area contributed by atoms with Crippen LogP contribution in [0.15, 0.2) is 53.7 Å². The van der Waals surface area contributed by atoms with Crippen molar-refractivity contribution in [3.63, 3.8) is 0 Å². The van der Waals surface area contributed by atoms with Gasteiger partial charge >= 0.3 is 0 Å². The van der Waals surface area contributed by atoms with E-state index >= 15 is 0 Å². The standard InChI is InChI=1S/C22H24N4S/c1-3-4-14-27-22-23-21-20(24-25-22)18-15-16(2)10-11-19(18)26(21)13-12-17-8-6-5-7-9-17/h5-11,15H,3-4,12-14H2,1-2H3. The third-order valence-electron chi connectivity index (χ3n) is 4.80. The van der Waals surface area contributed by atoms with Crippen molar-refractivity contribution in [2.75, 3.05) is 5.75 Å². The number of hydrogen-bond acceptors (Lipinski definition) is 4. The summed E-state index contributed by atoms with van der Waals surface area (Å²) in [5, 5.41) is 10.8. The van der Waals surface area contributed by atoms with Gasteiger partial charge in [0.2, 0.25) is 5.16 Å². The van der Waals surface area contributed by atoms with Crippen LogP contribution in [0.2, 0.25) is 0 Å². The Kier molecular flexibility index (Phi) is 5.39. The molecule has 0 fully saturated rings. The van der Waals surface area contributed by atoms with Crippen LogP contribution in [0.25, 0.3) is 22.1 Å². The van der Waals surface area contributed by atoms with Crippen molar-refractivity contribution in [3.05, 3.63) is 59.7 Å². The van der Waals surface area contributed by atoms with Crippen molar-refractivity contribution in [3.8, 4) is 0 Å². The number of aryl methyl sites for hydroxylation is 3. The molecule has 4 rings (SSSR count). The molecular formula is C22H24N4S. The highest BCUT2D eigenvalue weighted by molar-refractivity contribution is 7.99. The van der Waals surface area contributed by atoms with Crippen molar-refractivity contribution < 1.29 is 0 Å². The van der Waals surface area contributed by atoms with E-state index in [2.05, 4.69) is 77.1 Å². The van der Waals surface area contributed by atoms with Gasteiger partial charge < -0.3 is 4.57 Å². The van der Waals surface area contributed by atoms with Crippen LogP contribution in [0.3, 0.4) is 0 Å². The van der Waals surface area contributed by atoms with Gasteiger partial charge in [-0.05, 0) is 37.5 Å². The molecule has 0 aliphatic rings. The Morgan fingerprint density at radius 3 is 2.70 bits per heavy atom. The maximum absolute atomic E-state index is 4.88. The van der Waals surface area contributed by atoms with E-state index in [9.17, 15) is 0 Å². The molecule has 0 atom stereocenters. The van der Waals surface area contributed by atoms with Gasteiger partial charge in [0.1, 0.15) is 5.52 Å². The Morgan fingerprint density at radius 1 is 1.04 bits per heavy atom. The summed E-state index contributed by atoms with van der Waals surface area (Å²) in [6.07, 6.45) is 3.32. The molecule has 5 heteroatoms. The first-order valence-electron chi connectivity index (χ1n) is 9.56. The number of unbranched alkanes of at least 4 members (excludes halogenated alkanes) is 1. The predicted molar refractivity (Wildman–Crippen MR) is 113 cm³/mol. The summed E-state index contributed by atoms with van der Waals surface area (Å²) in [6, 6.07) is 17.1.